The Morgan fingerprint density at radius 2 is 1.86 bits per heavy atom. The number of nitrogens with zero attached hydrogens (tertiary/aromatic N) is 3. The second-order valence-electron chi connectivity index (χ2n) is 9.21. The Hall–Kier alpha value is -4.31. The predicted octanol–water partition coefficient (Wildman–Crippen LogP) is 3.27. The summed E-state index contributed by atoms with van der Waals surface area (Å²) in [7, 11) is 0. The van der Waals surface area contributed by atoms with Gasteiger partial charge >= 0.3 is 5.97 Å². The molecule has 2 aromatic carbocycles. The number of aryl methyl sites for hydroxylation is 2. The van der Waals surface area contributed by atoms with Crippen molar-refractivity contribution in [3.63, 3.8) is 0 Å². The first-order valence-corrected chi connectivity index (χ1v) is 11.7. The lowest BCUT2D eigenvalue weighted by Gasteiger charge is -2.31. The molecule has 0 bridgehead atoms. The van der Waals surface area contributed by atoms with Crippen LogP contribution < -0.4 is 10.6 Å². The molecule has 0 saturated heterocycles. The first kappa shape index (κ1) is 25.8. The van der Waals surface area contributed by atoms with E-state index < -0.39 is 29.7 Å². The zero-order valence-electron chi connectivity index (χ0n) is 20.6. The molecular formula is C27H27FN4O5. The third kappa shape index (κ3) is 5.14. The lowest BCUT2D eigenvalue weighted by atomic mass is 9.85. The molecule has 4 N–H and O–H groups in total. The van der Waals surface area contributed by atoms with Gasteiger partial charge in [-0.1, -0.05) is 12.1 Å². The van der Waals surface area contributed by atoms with Crippen molar-refractivity contribution in [3.05, 3.63) is 82.4 Å². The minimum absolute atomic E-state index is 0.0374. The number of carbonyl (C=O) groups is 3. The van der Waals surface area contributed by atoms with Crippen molar-refractivity contribution in [2.24, 2.45) is 5.73 Å². The van der Waals surface area contributed by atoms with E-state index in [1.165, 1.54) is 41.4 Å². The first-order chi connectivity index (χ1) is 17.5. The number of hydrogen-bond acceptors (Lipinski definition) is 5. The standard InChI is InChI=1S/C27H27FN4O5/c1-14-8-24(21(10-19(14)26(29)35)23-9-15(2)32(30-23)12-16(3)33)31-13-22(27(36)37)20(11-25(31)34)17-4-6-18(28)7-5-17/h4-10,13,16,20,33H,11-12H2,1-3H3,(H2,29,35)(H,36,37)/t16?,20-/m0/s1. The Bertz CT molecular complexity index is 1430. The van der Waals surface area contributed by atoms with E-state index in [1.807, 2.05) is 6.92 Å². The summed E-state index contributed by atoms with van der Waals surface area (Å²) < 4.78 is 15.0. The number of halogens is 1. The quantitative estimate of drug-likeness (QED) is 0.450. The number of anilines is 1. The zero-order chi connectivity index (χ0) is 27.0. The second kappa shape index (κ2) is 9.98. The van der Waals surface area contributed by atoms with Crippen LogP contribution in [0.25, 0.3) is 11.3 Å². The summed E-state index contributed by atoms with van der Waals surface area (Å²) in [6.07, 6.45) is 0.456. The lowest BCUT2D eigenvalue weighted by Crippen LogP contribution is -2.35. The molecule has 37 heavy (non-hydrogen) atoms. The van der Waals surface area contributed by atoms with Gasteiger partial charge in [0.25, 0.3) is 0 Å². The zero-order valence-corrected chi connectivity index (χ0v) is 20.6. The molecular weight excluding hydrogens is 479 g/mol. The number of aliphatic hydroxyl groups excluding tert-OH is 1. The topological polar surface area (TPSA) is 139 Å². The number of amides is 2. The van der Waals surface area contributed by atoms with Gasteiger partial charge in [-0.2, -0.15) is 5.10 Å². The van der Waals surface area contributed by atoms with Crippen molar-refractivity contribution in [1.29, 1.82) is 0 Å². The summed E-state index contributed by atoms with van der Waals surface area (Å²) in [5, 5.41) is 24.3. The molecule has 3 aromatic rings. The lowest BCUT2D eigenvalue weighted by molar-refractivity contribution is -0.133. The molecule has 2 amide bonds. The van der Waals surface area contributed by atoms with Gasteiger partial charge in [0, 0.05) is 35.4 Å². The van der Waals surface area contributed by atoms with Crippen molar-refractivity contribution in [1.82, 2.24) is 9.78 Å². The van der Waals surface area contributed by atoms with E-state index in [0.29, 0.717) is 28.1 Å². The number of rotatable bonds is 7. The van der Waals surface area contributed by atoms with Gasteiger partial charge in [0.15, 0.2) is 0 Å². The predicted molar refractivity (Wildman–Crippen MR) is 134 cm³/mol. The van der Waals surface area contributed by atoms with Gasteiger partial charge in [0.05, 0.1) is 29.6 Å². The third-order valence-electron chi connectivity index (χ3n) is 6.37. The maximum atomic E-state index is 13.4. The van der Waals surface area contributed by atoms with Gasteiger partial charge in [0.2, 0.25) is 11.8 Å². The van der Waals surface area contributed by atoms with E-state index in [1.54, 1.807) is 30.7 Å². The highest BCUT2D eigenvalue weighted by molar-refractivity contribution is 6.06. The van der Waals surface area contributed by atoms with Crippen LogP contribution in [0.2, 0.25) is 0 Å². The van der Waals surface area contributed by atoms with Gasteiger partial charge < -0.3 is 15.9 Å². The third-order valence-corrected chi connectivity index (χ3v) is 6.37. The molecule has 0 saturated carbocycles. The SMILES string of the molecule is Cc1cc(N2C=C(C(=O)O)[C@H](c3ccc(F)cc3)CC2=O)c(-c2cc(C)n(CC(C)O)n2)cc1C(N)=O. The monoisotopic (exact) mass is 506 g/mol. The molecule has 1 aromatic heterocycles. The number of hydrogen-bond donors (Lipinski definition) is 3. The average molecular weight is 507 g/mol. The summed E-state index contributed by atoms with van der Waals surface area (Å²) >= 11 is 0. The number of aliphatic carboxylic acids is 1. The molecule has 2 atom stereocenters. The van der Waals surface area contributed by atoms with E-state index in [9.17, 15) is 29.0 Å². The minimum atomic E-state index is -1.21. The first-order valence-electron chi connectivity index (χ1n) is 11.7. The molecule has 1 aliphatic rings. The number of carboxylic acids is 1. The van der Waals surface area contributed by atoms with Crippen LogP contribution in [-0.2, 0) is 16.1 Å². The fraction of sp³-hybridized carbons (Fsp3) is 0.259. The summed E-state index contributed by atoms with van der Waals surface area (Å²) in [5.74, 6) is -3.48. The highest BCUT2D eigenvalue weighted by atomic mass is 19.1. The number of carboxylic acid groups (broad SMARTS) is 1. The van der Waals surface area contributed by atoms with Crippen LogP contribution in [-0.4, -0.2) is 43.9 Å². The maximum absolute atomic E-state index is 13.4. The van der Waals surface area contributed by atoms with Gasteiger partial charge in [-0.15, -0.1) is 0 Å². The van der Waals surface area contributed by atoms with Crippen LogP contribution in [0.1, 0.15) is 46.4 Å². The Morgan fingerprint density at radius 1 is 1.19 bits per heavy atom. The summed E-state index contributed by atoms with van der Waals surface area (Å²) in [6.45, 7) is 5.35. The normalized spacial score (nSPS) is 16.5. The molecule has 9 nitrogen and oxygen atoms in total. The molecule has 10 heteroatoms. The van der Waals surface area contributed by atoms with Crippen molar-refractivity contribution >= 4 is 23.5 Å². The van der Waals surface area contributed by atoms with E-state index in [2.05, 4.69) is 5.10 Å². The molecule has 0 fully saturated rings. The summed E-state index contributed by atoms with van der Waals surface area (Å²) in [6, 6.07) is 10.3. The number of carbonyl (C=O) groups excluding carboxylic acids is 2. The van der Waals surface area contributed by atoms with Gasteiger partial charge in [-0.05, 0) is 62.2 Å². The fourth-order valence-electron chi connectivity index (χ4n) is 4.52. The van der Waals surface area contributed by atoms with E-state index >= 15 is 0 Å². The van der Waals surface area contributed by atoms with Crippen LogP contribution >= 0.6 is 0 Å². The minimum Gasteiger partial charge on any atom is -0.478 e. The Labute approximate surface area is 212 Å². The van der Waals surface area contributed by atoms with Crippen LogP contribution in [0.4, 0.5) is 10.1 Å². The highest BCUT2D eigenvalue weighted by Crippen LogP contribution is 2.39. The van der Waals surface area contributed by atoms with Gasteiger partial charge in [0.1, 0.15) is 5.82 Å². The number of aliphatic hydroxyl groups is 1. The second-order valence-corrected chi connectivity index (χ2v) is 9.21. The van der Waals surface area contributed by atoms with Crippen molar-refractivity contribution in [3.8, 4) is 11.3 Å². The fourth-order valence-corrected chi connectivity index (χ4v) is 4.52. The largest absolute Gasteiger partial charge is 0.478 e. The molecule has 1 aliphatic heterocycles. The van der Waals surface area contributed by atoms with E-state index in [0.717, 1.165) is 5.69 Å². The number of primary amides is 1. The van der Waals surface area contributed by atoms with Crippen LogP contribution in [0, 0.1) is 19.7 Å². The molecule has 0 radical (unpaired) electrons. The molecule has 4 rings (SSSR count). The summed E-state index contributed by atoms with van der Waals surface area (Å²) in [4.78, 5) is 39.0. The number of benzene rings is 2. The van der Waals surface area contributed by atoms with Crippen LogP contribution in [0.5, 0.6) is 0 Å². The molecule has 0 aliphatic carbocycles. The van der Waals surface area contributed by atoms with Crippen LogP contribution in [0.15, 0.2) is 54.2 Å². The molecule has 192 valence electrons. The van der Waals surface area contributed by atoms with E-state index in [4.69, 9.17) is 5.73 Å². The van der Waals surface area contributed by atoms with Gasteiger partial charge in [-0.3, -0.25) is 19.2 Å². The summed E-state index contributed by atoms with van der Waals surface area (Å²) in [5.41, 5.74) is 8.70. The Kier molecular flexibility index (Phi) is 6.95. The maximum Gasteiger partial charge on any atom is 0.333 e. The van der Waals surface area contributed by atoms with Crippen molar-refractivity contribution in [2.75, 3.05) is 4.90 Å². The highest BCUT2D eigenvalue weighted by Gasteiger charge is 2.34. The smallest absolute Gasteiger partial charge is 0.333 e. The molecule has 2 heterocycles. The molecule has 0 spiro atoms. The molecule has 1 unspecified atom stereocenters. The average Bonchev–Trinajstić information content (AvgIpc) is 3.18. The van der Waals surface area contributed by atoms with E-state index in [-0.39, 0.29) is 30.0 Å². The number of nitrogens with two attached hydrogens (primary N) is 1. The Morgan fingerprint density at radius 3 is 2.46 bits per heavy atom. The van der Waals surface area contributed by atoms with Crippen molar-refractivity contribution < 1.29 is 29.0 Å². The number of aromatic nitrogens is 2. The Balaban J connectivity index is 1.88. The van der Waals surface area contributed by atoms with Gasteiger partial charge in [-0.25, -0.2) is 9.18 Å². The van der Waals surface area contributed by atoms with Crippen LogP contribution in [0.3, 0.4) is 0 Å². The van der Waals surface area contributed by atoms with Crippen molar-refractivity contribution in [2.45, 2.75) is 45.8 Å².